The van der Waals surface area contributed by atoms with Crippen molar-refractivity contribution in [2.24, 2.45) is 0 Å². The van der Waals surface area contributed by atoms with E-state index in [4.69, 9.17) is 0 Å². The Kier molecular flexibility index (Phi) is 3.33. The number of halogens is 3. The molecule has 1 rings (SSSR count). The molecule has 0 nitrogen and oxygen atoms in total. The third kappa shape index (κ3) is 2.91. The Morgan fingerprint density at radius 1 is 1.21 bits per heavy atom. The molecular formula is C11H11F3. The van der Waals surface area contributed by atoms with Gasteiger partial charge < -0.3 is 0 Å². The maximum absolute atomic E-state index is 12.3. The molecule has 0 atom stereocenters. The quantitative estimate of drug-likeness (QED) is 0.675. The Morgan fingerprint density at radius 3 is 2.21 bits per heavy atom. The SMILES string of the molecule is CCC(=Cc1ccccc1)C(F)(F)F. The molecule has 0 saturated carbocycles. The molecule has 0 radical (unpaired) electrons. The molecule has 0 aliphatic carbocycles. The van der Waals surface area contributed by atoms with Crippen LogP contribution in [0.25, 0.3) is 6.08 Å². The molecule has 76 valence electrons. The fourth-order valence-electron chi connectivity index (χ4n) is 1.13. The zero-order chi connectivity index (χ0) is 10.6. The number of alkyl halides is 3. The van der Waals surface area contributed by atoms with Crippen molar-refractivity contribution in [2.45, 2.75) is 19.5 Å². The number of benzene rings is 1. The molecule has 0 aliphatic rings. The summed E-state index contributed by atoms with van der Waals surface area (Å²) in [6, 6.07) is 8.52. The zero-order valence-electron chi connectivity index (χ0n) is 7.81. The molecule has 0 saturated heterocycles. The molecule has 0 amide bonds. The molecule has 0 aliphatic heterocycles. The number of allylic oxidation sites excluding steroid dienone is 1. The van der Waals surface area contributed by atoms with Crippen molar-refractivity contribution < 1.29 is 13.2 Å². The second kappa shape index (κ2) is 4.31. The minimum atomic E-state index is -4.22. The predicted octanol–water partition coefficient (Wildman–Crippen LogP) is 4.04. The van der Waals surface area contributed by atoms with Gasteiger partial charge in [-0.25, -0.2) is 0 Å². The highest BCUT2D eigenvalue weighted by Gasteiger charge is 2.31. The van der Waals surface area contributed by atoms with Crippen LogP contribution < -0.4 is 0 Å². The van der Waals surface area contributed by atoms with Crippen LogP contribution in [0.5, 0.6) is 0 Å². The third-order valence-electron chi connectivity index (χ3n) is 1.89. The van der Waals surface area contributed by atoms with E-state index in [2.05, 4.69) is 0 Å². The van der Waals surface area contributed by atoms with Gasteiger partial charge in [-0.1, -0.05) is 37.3 Å². The van der Waals surface area contributed by atoms with Gasteiger partial charge in [-0.05, 0) is 18.1 Å². The van der Waals surface area contributed by atoms with Gasteiger partial charge in [0.2, 0.25) is 0 Å². The molecule has 3 heteroatoms. The zero-order valence-corrected chi connectivity index (χ0v) is 7.81. The van der Waals surface area contributed by atoms with Crippen LogP contribution in [0.3, 0.4) is 0 Å². The molecule has 0 unspecified atom stereocenters. The highest BCUT2D eigenvalue weighted by atomic mass is 19.4. The summed E-state index contributed by atoms with van der Waals surface area (Å²) in [6.45, 7) is 1.50. The van der Waals surface area contributed by atoms with E-state index in [1.54, 1.807) is 30.3 Å². The molecule has 0 fully saturated rings. The van der Waals surface area contributed by atoms with Crippen molar-refractivity contribution in [1.82, 2.24) is 0 Å². The van der Waals surface area contributed by atoms with Gasteiger partial charge in [0, 0.05) is 5.57 Å². The van der Waals surface area contributed by atoms with E-state index in [9.17, 15) is 13.2 Å². The third-order valence-corrected chi connectivity index (χ3v) is 1.89. The average molecular weight is 200 g/mol. The molecular weight excluding hydrogens is 189 g/mol. The lowest BCUT2D eigenvalue weighted by molar-refractivity contribution is -0.0925. The minimum absolute atomic E-state index is 0.00159. The van der Waals surface area contributed by atoms with Crippen LogP contribution in [0.2, 0.25) is 0 Å². The first-order valence-corrected chi connectivity index (χ1v) is 4.37. The lowest BCUT2D eigenvalue weighted by Gasteiger charge is -2.09. The van der Waals surface area contributed by atoms with E-state index in [-0.39, 0.29) is 6.42 Å². The minimum Gasteiger partial charge on any atom is -0.166 e. The van der Waals surface area contributed by atoms with Gasteiger partial charge >= 0.3 is 6.18 Å². The number of hydrogen-bond acceptors (Lipinski definition) is 0. The van der Waals surface area contributed by atoms with Gasteiger partial charge in [0.15, 0.2) is 0 Å². The van der Waals surface area contributed by atoms with Crippen LogP contribution in [-0.2, 0) is 0 Å². The fraction of sp³-hybridized carbons (Fsp3) is 0.273. The number of rotatable bonds is 2. The maximum atomic E-state index is 12.3. The Morgan fingerprint density at radius 2 is 1.79 bits per heavy atom. The van der Waals surface area contributed by atoms with Crippen LogP contribution in [0, 0.1) is 0 Å². The lowest BCUT2D eigenvalue weighted by Crippen LogP contribution is -2.10. The summed E-state index contributed by atoms with van der Waals surface area (Å²) in [5.41, 5.74) is 0.0883. The molecule has 0 aromatic heterocycles. The van der Waals surface area contributed by atoms with Crippen molar-refractivity contribution in [1.29, 1.82) is 0 Å². The van der Waals surface area contributed by atoms with Crippen molar-refractivity contribution in [3.05, 3.63) is 41.5 Å². The first-order valence-electron chi connectivity index (χ1n) is 4.37. The summed E-state index contributed by atoms with van der Waals surface area (Å²) >= 11 is 0. The van der Waals surface area contributed by atoms with Crippen molar-refractivity contribution >= 4 is 6.08 Å². The molecule has 0 bridgehead atoms. The fourth-order valence-corrected chi connectivity index (χ4v) is 1.13. The first kappa shape index (κ1) is 10.8. The van der Waals surface area contributed by atoms with Gasteiger partial charge in [-0.2, -0.15) is 13.2 Å². The van der Waals surface area contributed by atoms with Crippen molar-refractivity contribution in [2.75, 3.05) is 0 Å². The van der Waals surface area contributed by atoms with E-state index in [1.807, 2.05) is 0 Å². The van der Waals surface area contributed by atoms with E-state index < -0.39 is 11.7 Å². The van der Waals surface area contributed by atoms with E-state index >= 15 is 0 Å². The molecule has 0 spiro atoms. The Balaban J connectivity index is 2.96. The summed E-state index contributed by atoms with van der Waals surface area (Å²) in [7, 11) is 0. The van der Waals surface area contributed by atoms with Gasteiger partial charge in [0.25, 0.3) is 0 Å². The van der Waals surface area contributed by atoms with Crippen LogP contribution in [-0.4, -0.2) is 6.18 Å². The largest absolute Gasteiger partial charge is 0.412 e. The van der Waals surface area contributed by atoms with Gasteiger partial charge in [-0.15, -0.1) is 0 Å². The molecule has 0 heterocycles. The smallest absolute Gasteiger partial charge is 0.166 e. The summed E-state index contributed by atoms with van der Waals surface area (Å²) in [5, 5.41) is 0. The summed E-state index contributed by atoms with van der Waals surface area (Å²) in [5.74, 6) is 0. The van der Waals surface area contributed by atoms with E-state index in [0.717, 1.165) is 0 Å². The molecule has 1 aromatic carbocycles. The summed E-state index contributed by atoms with van der Waals surface area (Å²) in [6.07, 6.45) is -3.04. The first-order chi connectivity index (χ1) is 6.54. The monoisotopic (exact) mass is 200 g/mol. The standard InChI is InChI=1S/C11H11F3/c1-2-10(11(12,13)14)8-9-6-4-3-5-7-9/h3-8H,2H2,1H3. The predicted molar refractivity (Wildman–Crippen MR) is 50.8 cm³/mol. The average Bonchev–Trinajstić information content (AvgIpc) is 2.14. The van der Waals surface area contributed by atoms with Gasteiger partial charge in [0.1, 0.15) is 0 Å². The highest BCUT2D eigenvalue weighted by Crippen LogP contribution is 2.29. The van der Waals surface area contributed by atoms with Crippen LogP contribution >= 0.6 is 0 Å². The topological polar surface area (TPSA) is 0 Å². The highest BCUT2D eigenvalue weighted by molar-refractivity contribution is 5.53. The lowest BCUT2D eigenvalue weighted by atomic mass is 10.1. The Hall–Kier alpha value is -1.25. The Labute approximate surface area is 81.1 Å². The molecule has 0 N–H and O–H groups in total. The normalized spacial score (nSPS) is 13.0. The van der Waals surface area contributed by atoms with Crippen molar-refractivity contribution in [3.8, 4) is 0 Å². The van der Waals surface area contributed by atoms with E-state index in [1.165, 1.54) is 13.0 Å². The summed E-state index contributed by atoms with van der Waals surface area (Å²) in [4.78, 5) is 0. The van der Waals surface area contributed by atoms with Crippen LogP contribution in [0.4, 0.5) is 13.2 Å². The van der Waals surface area contributed by atoms with Gasteiger partial charge in [-0.3, -0.25) is 0 Å². The maximum Gasteiger partial charge on any atom is 0.412 e. The van der Waals surface area contributed by atoms with Crippen molar-refractivity contribution in [3.63, 3.8) is 0 Å². The van der Waals surface area contributed by atoms with E-state index in [0.29, 0.717) is 5.56 Å². The molecule has 14 heavy (non-hydrogen) atoms. The number of hydrogen-bond donors (Lipinski definition) is 0. The summed E-state index contributed by atoms with van der Waals surface area (Å²) < 4.78 is 37.0. The van der Waals surface area contributed by atoms with Gasteiger partial charge in [0.05, 0.1) is 0 Å². The van der Waals surface area contributed by atoms with Crippen LogP contribution in [0.1, 0.15) is 18.9 Å². The molecule has 1 aromatic rings. The van der Waals surface area contributed by atoms with Crippen LogP contribution in [0.15, 0.2) is 35.9 Å². The Bertz CT molecular complexity index is 309. The second-order valence-corrected chi connectivity index (χ2v) is 2.93. The second-order valence-electron chi connectivity index (χ2n) is 2.93.